The number of hydrogen-bond acceptors (Lipinski definition) is 1. The third-order valence-corrected chi connectivity index (χ3v) is 3.82. The first kappa shape index (κ1) is 8.49. The summed E-state index contributed by atoms with van der Waals surface area (Å²) < 4.78 is 13.4. The van der Waals surface area contributed by atoms with Gasteiger partial charge in [-0.1, -0.05) is 6.42 Å². The molecule has 2 fully saturated rings. The molecule has 2 aliphatic rings. The molecule has 0 unspecified atom stereocenters. The average molecular weight is 171 g/mol. The van der Waals surface area contributed by atoms with E-state index < -0.39 is 5.67 Å². The van der Waals surface area contributed by atoms with Gasteiger partial charge in [-0.2, -0.15) is 0 Å². The standard InChI is InChI=1S/C10H18FN/c1-9(11)5-10(6-9,7-12)8-3-2-4-8/h8H,2-7,12H2,1H3. The summed E-state index contributed by atoms with van der Waals surface area (Å²) >= 11 is 0. The molecule has 2 saturated carbocycles. The van der Waals surface area contributed by atoms with Crippen molar-refractivity contribution in [3.05, 3.63) is 0 Å². The molecule has 0 bridgehead atoms. The minimum Gasteiger partial charge on any atom is -0.330 e. The molecule has 0 aromatic rings. The lowest BCUT2D eigenvalue weighted by Crippen LogP contribution is -2.56. The predicted octanol–water partition coefficient (Wildman–Crippen LogP) is 2.25. The van der Waals surface area contributed by atoms with E-state index in [1.54, 1.807) is 6.92 Å². The third kappa shape index (κ3) is 1.08. The van der Waals surface area contributed by atoms with Crippen molar-refractivity contribution in [3.63, 3.8) is 0 Å². The SMILES string of the molecule is CC1(F)CC(CN)(C2CCC2)C1. The fraction of sp³-hybridized carbons (Fsp3) is 1.00. The van der Waals surface area contributed by atoms with E-state index in [0.717, 1.165) is 5.92 Å². The lowest BCUT2D eigenvalue weighted by molar-refractivity contribution is -0.106. The Hall–Kier alpha value is -0.110. The van der Waals surface area contributed by atoms with E-state index in [1.165, 1.54) is 19.3 Å². The van der Waals surface area contributed by atoms with E-state index in [-0.39, 0.29) is 5.41 Å². The molecule has 0 aliphatic heterocycles. The van der Waals surface area contributed by atoms with Crippen LogP contribution in [0.25, 0.3) is 0 Å². The Balaban J connectivity index is 1.99. The molecule has 2 rings (SSSR count). The zero-order chi connectivity index (χ0) is 8.82. The van der Waals surface area contributed by atoms with E-state index >= 15 is 0 Å². The molecule has 0 saturated heterocycles. The van der Waals surface area contributed by atoms with Crippen LogP contribution in [0.2, 0.25) is 0 Å². The van der Waals surface area contributed by atoms with Crippen molar-refractivity contribution >= 4 is 0 Å². The Bertz CT molecular complexity index is 176. The van der Waals surface area contributed by atoms with E-state index in [4.69, 9.17) is 5.73 Å². The van der Waals surface area contributed by atoms with Gasteiger partial charge < -0.3 is 5.73 Å². The topological polar surface area (TPSA) is 26.0 Å². The zero-order valence-electron chi connectivity index (χ0n) is 7.78. The largest absolute Gasteiger partial charge is 0.330 e. The van der Waals surface area contributed by atoms with Gasteiger partial charge in [0.2, 0.25) is 0 Å². The van der Waals surface area contributed by atoms with Crippen LogP contribution in [-0.2, 0) is 0 Å². The van der Waals surface area contributed by atoms with Crippen molar-refractivity contribution in [2.24, 2.45) is 17.1 Å². The molecule has 2 heteroatoms. The van der Waals surface area contributed by atoms with Crippen LogP contribution in [0.3, 0.4) is 0 Å². The van der Waals surface area contributed by atoms with Gasteiger partial charge in [-0.05, 0) is 50.5 Å². The quantitative estimate of drug-likeness (QED) is 0.677. The molecule has 0 atom stereocenters. The van der Waals surface area contributed by atoms with Gasteiger partial charge in [-0.15, -0.1) is 0 Å². The Morgan fingerprint density at radius 1 is 1.42 bits per heavy atom. The number of halogens is 1. The molecule has 12 heavy (non-hydrogen) atoms. The molecular formula is C10H18FN. The van der Waals surface area contributed by atoms with Crippen LogP contribution in [0.4, 0.5) is 4.39 Å². The normalized spacial score (nSPS) is 48.2. The van der Waals surface area contributed by atoms with Crippen LogP contribution in [0.5, 0.6) is 0 Å². The molecule has 2 aliphatic carbocycles. The van der Waals surface area contributed by atoms with Crippen LogP contribution in [0.15, 0.2) is 0 Å². The summed E-state index contributed by atoms with van der Waals surface area (Å²) in [6, 6.07) is 0. The number of rotatable bonds is 2. The lowest BCUT2D eigenvalue weighted by Gasteiger charge is -2.57. The van der Waals surface area contributed by atoms with Crippen LogP contribution < -0.4 is 5.73 Å². The maximum atomic E-state index is 13.4. The molecular weight excluding hydrogens is 153 g/mol. The fourth-order valence-electron chi connectivity index (χ4n) is 3.04. The third-order valence-electron chi connectivity index (χ3n) is 3.82. The molecule has 0 aromatic heterocycles. The van der Waals surface area contributed by atoms with Crippen molar-refractivity contribution in [3.8, 4) is 0 Å². The summed E-state index contributed by atoms with van der Waals surface area (Å²) in [4.78, 5) is 0. The maximum absolute atomic E-state index is 13.4. The van der Waals surface area contributed by atoms with Crippen LogP contribution in [0.1, 0.15) is 39.0 Å². The zero-order valence-corrected chi connectivity index (χ0v) is 7.78. The molecule has 0 radical (unpaired) electrons. The molecule has 2 N–H and O–H groups in total. The van der Waals surface area contributed by atoms with Crippen LogP contribution >= 0.6 is 0 Å². The Morgan fingerprint density at radius 2 is 2.00 bits per heavy atom. The summed E-state index contributed by atoms with van der Waals surface area (Å²) in [7, 11) is 0. The number of alkyl halides is 1. The highest BCUT2D eigenvalue weighted by molar-refractivity contribution is 5.07. The van der Waals surface area contributed by atoms with Crippen LogP contribution in [-0.4, -0.2) is 12.2 Å². The van der Waals surface area contributed by atoms with Gasteiger partial charge in [-0.25, -0.2) is 4.39 Å². The van der Waals surface area contributed by atoms with Gasteiger partial charge in [0.25, 0.3) is 0 Å². The molecule has 1 nitrogen and oxygen atoms in total. The summed E-state index contributed by atoms with van der Waals surface area (Å²) in [6.07, 6.45) is 5.32. The van der Waals surface area contributed by atoms with Crippen molar-refractivity contribution in [2.75, 3.05) is 6.54 Å². The highest BCUT2D eigenvalue weighted by Crippen LogP contribution is 2.59. The Labute approximate surface area is 73.5 Å². The highest BCUT2D eigenvalue weighted by atomic mass is 19.1. The van der Waals surface area contributed by atoms with Crippen molar-refractivity contribution < 1.29 is 4.39 Å². The summed E-state index contributed by atoms with van der Waals surface area (Å²) in [5.41, 5.74) is 5.02. The Kier molecular flexibility index (Phi) is 1.73. The smallest absolute Gasteiger partial charge is 0.109 e. The van der Waals surface area contributed by atoms with Crippen LogP contribution in [0, 0.1) is 11.3 Å². The van der Waals surface area contributed by atoms with Crippen molar-refractivity contribution in [2.45, 2.75) is 44.7 Å². The molecule has 0 aromatic carbocycles. The monoisotopic (exact) mass is 171 g/mol. The van der Waals surface area contributed by atoms with E-state index in [1.807, 2.05) is 0 Å². The average Bonchev–Trinajstić information content (AvgIpc) is 1.78. The first-order valence-corrected chi connectivity index (χ1v) is 4.97. The molecule has 0 heterocycles. The van der Waals surface area contributed by atoms with E-state index in [2.05, 4.69) is 0 Å². The maximum Gasteiger partial charge on any atom is 0.109 e. The van der Waals surface area contributed by atoms with Gasteiger partial charge >= 0.3 is 0 Å². The van der Waals surface area contributed by atoms with Gasteiger partial charge in [0.1, 0.15) is 5.67 Å². The predicted molar refractivity (Wildman–Crippen MR) is 47.6 cm³/mol. The first-order valence-electron chi connectivity index (χ1n) is 4.97. The summed E-state index contributed by atoms with van der Waals surface area (Å²) in [6.45, 7) is 2.40. The minimum atomic E-state index is -0.908. The number of hydrogen-bond donors (Lipinski definition) is 1. The van der Waals surface area contributed by atoms with Gasteiger partial charge in [0, 0.05) is 0 Å². The van der Waals surface area contributed by atoms with Crippen molar-refractivity contribution in [1.82, 2.24) is 0 Å². The minimum absolute atomic E-state index is 0.196. The second kappa shape index (κ2) is 2.44. The highest BCUT2D eigenvalue weighted by Gasteiger charge is 2.56. The second-order valence-electron chi connectivity index (χ2n) is 4.96. The summed E-state index contributed by atoms with van der Waals surface area (Å²) in [5.74, 6) is 0.742. The first-order chi connectivity index (χ1) is 5.58. The Morgan fingerprint density at radius 3 is 2.25 bits per heavy atom. The summed E-state index contributed by atoms with van der Waals surface area (Å²) in [5, 5.41) is 0. The van der Waals surface area contributed by atoms with Gasteiger partial charge in [0.05, 0.1) is 0 Å². The van der Waals surface area contributed by atoms with E-state index in [9.17, 15) is 4.39 Å². The molecule has 70 valence electrons. The van der Waals surface area contributed by atoms with E-state index in [0.29, 0.717) is 19.4 Å². The fourth-order valence-corrected chi connectivity index (χ4v) is 3.04. The van der Waals surface area contributed by atoms with Crippen molar-refractivity contribution in [1.29, 1.82) is 0 Å². The second-order valence-corrected chi connectivity index (χ2v) is 4.96. The number of nitrogens with two attached hydrogens (primary N) is 1. The van der Waals surface area contributed by atoms with Gasteiger partial charge in [-0.3, -0.25) is 0 Å². The van der Waals surface area contributed by atoms with Gasteiger partial charge in [0.15, 0.2) is 0 Å². The lowest BCUT2D eigenvalue weighted by atomic mass is 9.50. The molecule has 0 spiro atoms. The molecule has 0 amide bonds.